The van der Waals surface area contributed by atoms with E-state index >= 15 is 0 Å². The maximum Gasteiger partial charge on any atom is 0.416 e. The van der Waals surface area contributed by atoms with Crippen molar-refractivity contribution in [2.45, 2.75) is 25.1 Å². The first-order valence-electron chi connectivity index (χ1n) is 4.99. The number of hydrogen-bond donors (Lipinski definition) is 1. The molecule has 0 saturated carbocycles. The van der Waals surface area contributed by atoms with E-state index in [-0.39, 0.29) is 18.4 Å². The van der Waals surface area contributed by atoms with Gasteiger partial charge >= 0.3 is 6.18 Å². The molecule has 1 aromatic rings. The van der Waals surface area contributed by atoms with Crippen LogP contribution in [0.5, 0.6) is 0 Å². The highest BCUT2D eigenvalue weighted by Crippen LogP contribution is 2.30. The molecule has 0 fully saturated rings. The van der Waals surface area contributed by atoms with Gasteiger partial charge in [0.25, 0.3) is 0 Å². The monoisotopic (exact) mass is 265 g/mol. The Morgan fingerprint density at radius 1 is 1.35 bits per heavy atom. The number of alkyl halides is 3. The van der Waals surface area contributed by atoms with Crippen molar-refractivity contribution in [3.63, 3.8) is 0 Å². The Hall–Kier alpha value is -1.00. The van der Waals surface area contributed by atoms with Crippen molar-refractivity contribution in [1.82, 2.24) is 0 Å². The van der Waals surface area contributed by atoms with Crippen molar-refractivity contribution >= 4 is 12.4 Å². The summed E-state index contributed by atoms with van der Waals surface area (Å²) in [7, 11) is 0. The van der Waals surface area contributed by atoms with Gasteiger partial charge in [-0.1, -0.05) is 18.2 Å². The van der Waals surface area contributed by atoms with Gasteiger partial charge in [-0.2, -0.15) is 13.2 Å². The summed E-state index contributed by atoms with van der Waals surface area (Å²) in [5.41, 5.74) is 5.64. The van der Waals surface area contributed by atoms with E-state index in [1.165, 1.54) is 6.07 Å². The highest BCUT2D eigenvalue weighted by molar-refractivity contribution is 5.85. The fourth-order valence-corrected chi connectivity index (χ4v) is 1.41. The Kier molecular flexibility index (Phi) is 6.27. The van der Waals surface area contributed by atoms with Gasteiger partial charge in [0.1, 0.15) is 0 Å². The third kappa shape index (κ3) is 4.79. The molecule has 5 heteroatoms. The van der Waals surface area contributed by atoms with Crippen LogP contribution in [0.25, 0.3) is 0 Å². The van der Waals surface area contributed by atoms with Crippen LogP contribution < -0.4 is 5.73 Å². The smallest absolute Gasteiger partial charge is 0.324 e. The van der Waals surface area contributed by atoms with Gasteiger partial charge < -0.3 is 5.73 Å². The molecule has 1 rings (SSSR count). The lowest BCUT2D eigenvalue weighted by Gasteiger charge is -2.13. The van der Waals surface area contributed by atoms with Gasteiger partial charge in [0.05, 0.1) is 5.56 Å². The molecular weight excluding hydrogens is 251 g/mol. The van der Waals surface area contributed by atoms with E-state index in [0.29, 0.717) is 18.4 Å². The second kappa shape index (κ2) is 6.67. The molecule has 1 atom stereocenters. The van der Waals surface area contributed by atoms with Gasteiger partial charge in [-0.15, -0.1) is 19.0 Å². The number of allylic oxidation sites excluding steroid dienone is 1. The zero-order valence-electron chi connectivity index (χ0n) is 9.20. The summed E-state index contributed by atoms with van der Waals surface area (Å²) in [6.07, 6.45) is -1.32. The average Bonchev–Trinajstić information content (AvgIpc) is 2.25. The molecule has 0 spiro atoms. The standard InChI is InChI=1S/C12H14F3N.ClH/c1-2-3-7-11(16)9-5-4-6-10(8-9)12(13,14)15;/h2,4-6,8,11H,1,3,7,16H2;1H/t11-;/m0./s1. The highest BCUT2D eigenvalue weighted by atomic mass is 35.5. The van der Waals surface area contributed by atoms with Gasteiger partial charge in [0.15, 0.2) is 0 Å². The van der Waals surface area contributed by atoms with Crippen LogP contribution in [0.15, 0.2) is 36.9 Å². The number of benzene rings is 1. The fraction of sp³-hybridized carbons (Fsp3) is 0.333. The van der Waals surface area contributed by atoms with Crippen LogP contribution in [0.2, 0.25) is 0 Å². The number of halogens is 4. The summed E-state index contributed by atoms with van der Waals surface area (Å²) >= 11 is 0. The van der Waals surface area contributed by atoms with Crippen molar-refractivity contribution in [2.75, 3.05) is 0 Å². The summed E-state index contributed by atoms with van der Waals surface area (Å²) in [6, 6.07) is 4.77. The molecule has 0 heterocycles. The second-order valence-corrected chi connectivity index (χ2v) is 3.60. The van der Waals surface area contributed by atoms with Crippen molar-refractivity contribution in [1.29, 1.82) is 0 Å². The van der Waals surface area contributed by atoms with Crippen LogP contribution in [-0.2, 0) is 6.18 Å². The topological polar surface area (TPSA) is 26.0 Å². The molecule has 0 aliphatic heterocycles. The van der Waals surface area contributed by atoms with E-state index in [4.69, 9.17) is 5.73 Å². The van der Waals surface area contributed by atoms with Crippen LogP contribution in [-0.4, -0.2) is 0 Å². The number of nitrogens with two attached hydrogens (primary N) is 1. The Labute approximate surface area is 105 Å². The molecular formula is C12H15ClF3N. The lowest BCUT2D eigenvalue weighted by Crippen LogP contribution is -2.12. The van der Waals surface area contributed by atoms with Gasteiger partial charge in [-0.25, -0.2) is 0 Å². The minimum absolute atomic E-state index is 0. The normalized spacial score (nSPS) is 12.7. The van der Waals surface area contributed by atoms with Crippen molar-refractivity contribution in [2.24, 2.45) is 5.73 Å². The third-order valence-corrected chi connectivity index (χ3v) is 2.32. The minimum Gasteiger partial charge on any atom is -0.324 e. The van der Waals surface area contributed by atoms with E-state index < -0.39 is 11.7 Å². The minimum atomic E-state index is -4.31. The lowest BCUT2D eigenvalue weighted by atomic mass is 10.0. The molecule has 0 aliphatic carbocycles. The fourth-order valence-electron chi connectivity index (χ4n) is 1.41. The zero-order valence-corrected chi connectivity index (χ0v) is 10.0. The van der Waals surface area contributed by atoms with E-state index in [0.717, 1.165) is 12.1 Å². The van der Waals surface area contributed by atoms with Crippen LogP contribution >= 0.6 is 12.4 Å². The van der Waals surface area contributed by atoms with E-state index in [2.05, 4.69) is 6.58 Å². The predicted molar refractivity (Wildman–Crippen MR) is 65.1 cm³/mol. The predicted octanol–water partition coefficient (Wildman–Crippen LogP) is 4.09. The number of rotatable bonds is 4. The number of hydrogen-bond acceptors (Lipinski definition) is 1. The Morgan fingerprint density at radius 3 is 2.53 bits per heavy atom. The summed E-state index contributed by atoms with van der Waals surface area (Å²) in [4.78, 5) is 0. The Balaban J connectivity index is 0.00000256. The maximum absolute atomic E-state index is 12.4. The summed E-state index contributed by atoms with van der Waals surface area (Å²) in [6.45, 7) is 3.55. The molecule has 17 heavy (non-hydrogen) atoms. The van der Waals surface area contributed by atoms with Crippen molar-refractivity contribution < 1.29 is 13.2 Å². The highest BCUT2D eigenvalue weighted by Gasteiger charge is 2.30. The second-order valence-electron chi connectivity index (χ2n) is 3.60. The van der Waals surface area contributed by atoms with Crippen molar-refractivity contribution in [3.8, 4) is 0 Å². The largest absolute Gasteiger partial charge is 0.416 e. The molecule has 0 unspecified atom stereocenters. The Bertz CT molecular complexity index is 363. The summed E-state index contributed by atoms with van der Waals surface area (Å²) < 4.78 is 37.3. The molecule has 1 nitrogen and oxygen atoms in total. The molecule has 0 radical (unpaired) electrons. The molecule has 2 N–H and O–H groups in total. The van der Waals surface area contributed by atoms with Crippen LogP contribution in [0.1, 0.15) is 30.0 Å². The maximum atomic E-state index is 12.4. The first-order chi connectivity index (χ1) is 7.45. The van der Waals surface area contributed by atoms with Crippen LogP contribution in [0.4, 0.5) is 13.2 Å². The average molecular weight is 266 g/mol. The van der Waals surface area contributed by atoms with Crippen LogP contribution in [0, 0.1) is 0 Å². The summed E-state index contributed by atoms with van der Waals surface area (Å²) in [5, 5.41) is 0. The van der Waals surface area contributed by atoms with Gasteiger partial charge in [0, 0.05) is 6.04 Å². The molecule has 96 valence electrons. The third-order valence-electron chi connectivity index (χ3n) is 2.32. The molecule has 1 aromatic carbocycles. The molecule has 0 amide bonds. The SMILES string of the molecule is C=CCC[C@H](N)c1cccc(C(F)(F)F)c1.Cl. The van der Waals surface area contributed by atoms with E-state index in [1.807, 2.05) is 0 Å². The Morgan fingerprint density at radius 2 is 2.00 bits per heavy atom. The van der Waals surface area contributed by atoms with Crippen LogP contribution in [0.3, 0.4) is 0 Å². The zero-order chi connectivity index (χ0) is 12.2. The van der Waals surface area contributed by atoms with E-state index in [1.54, 1.807) is 12.1 Å². The van der Waals surface area contributed by atoms with Gasteiger partial charge in [-0.05, 0) is 30.5 Å². The quantitative estimate of drug-likeness (QED) is 0.815. The first kappa shape index (κ1) is 16.0. The van der Waals surface area contributed by atoms with Gasteiger partial charge in [-0.3, -0.25) is 0 Å². The summed E-state index contributed by atoms with van der Waals surface area (Å²) in [5.74, 6) is 0. The van der Waals surface area contributed by atoms with Crippen molar-refractivity contribution in [3.05, 3.63) is 48.0 Å². The molecule has 0 saturated heterocycles. The van der Waals surface area contributed by atoms with E-state index in [9.17, 15) is 13.2 Å². The van der Waals surface area contributed by atoms with Gasteiger partial charge in [0.2, 0.25) is 0 Å². The lowest BCUT2D eigenvalue weighted by molar-refractivity contribution is -0.137. The molecule has 0 aliphatic rings. The molecule has 0 aromatic heterocycles. The first-order valence-corrected chi connectivity index (χ1v) is 4.99. The molecule has 0 bridgehead atoms.